The Morgan fingerprint density at radius 2 is 1.67 bits per heavy atom. The first kappa shape index (κ1) is 15.2. The normalized spacial score (nSPS) is 14.7. The molecule has 0 bridgehead atoms. The zero-order valence-electron chi connectivity index (χ0n) is 12.4. The van der Waals surface area contributed by atoms with Crippen molar-refractivity contribution < 1.29 is 0 Å². The average molecular weight is 247 g/mol. The Morgan fingerprint density at radius 1 is 1.00 bits per heavy atom. The van der Waals surface area contributed by atoms with Crippen molar-refractivity contribution in [2.24, 2.45) is 5.92 Å². The minimum atomic E-state index is 0.500. The summed E-state index contributed by atoms with van der Waals surface area (Å²) in [5, 5.41) is 3.76. The van der Waals surface area contributed by atoms with Crippen LogP contribution in [0.2, 0.25) is 0 Å². The fourth-order valence-corrected chi connectivity index (χ4v) is 2.39. The van der Waals surface area contributed by atoms with Gasteiger partial charge < -0.3 is 5.32 Å². The molecule has 1 rings (SSSR count). The molecule has 0 saturated carbocycles. The lowest BCUT2D eigenvalue weighted by Crippen LogP contribution is -2.30. The Morgan fingerprint density at radius 3 is 2.22 bits per heavy atom. The van der Waals surface area contributed by atoms with E-state index < -0.39 is 0 Å². The van der Waals surface area contributed by atoms with Crippen molar-refractivity contribution in [3.8, 4) is 0 Å². The van der Waals surface area contributed by atoms with E-state index in [1.165, 1.54) is 24.8 Å². The van der Waals surface area contributed by atoms with Crippen LogP contribution in [0.3, 0.4) is 0 Å². The van der Waals surface area contributed by atoms with Gasteiger partial charge in [0.2, 0.25) is 0 Å². The third kappa shape index (κ3) is 5.68. The first-order valence-electron chi connectivity index (χ1n) is 7.44. The van der Waals surface area contributed by atoms with E-state index in [2.05, 4.69) is 63.3 Å². The van der Waals surface area contributed by atoms with Crippen LogP contribution in [-0.4, -0.2) is 6.04 Å². The van der Waals surface area contributed by atoms with Crippen molar-refractivity contribution in [2.45, 2.75) is 65.5 Å². The van der Waals surface area contributed by atoms with Crippen molar-refractivity contribution in [3.05, 3.63) is 35.9 Å². The van der Waals surface area contributed by atoms with E-state index >= 15 is 0 Å². The van der Waals surface area contributed by atoms with Crippen LogP contribution in [0.25, 0.3) is 0 Å². The van der Waals surface area contributed by atoms with Gasteiger partial charge in [-0.1, -0.05) is 63.9 Å². The van der Waals surface area contributed by atoms with Crippen LogP contribution in [0.15, 0.2) is 30.3 Å². The molecule has 1 aromatic rings. The Kier molecular flexibility index (Phi) is 7.04. The molecule has 0 amide bonds. The maximum Gasteiger partial charge on any atom is 0.0319 e. The zero-order chi connectivity index (χ0) is 13.4. The lowest BCUT2D eigenvalue weighted by Gasteiger charge is -2.23. The van der Waals surface area contributed by atoms with Crippen LogP contribution in [0.5, 0.6) is 0 Å². The predicted molar refractivity (Wildman–Crippen MR) is 80.8 cm³/mol. The van der Waals surface area contributed by atoms with Gasteiger partial charge in [-0.2, -0.15) is 0 Å². The van der Waals surface area contributed by atoms with Gasteiger partial charge in [0.15, 0.2) is 0 Å². The molecule has 0 fully saturated rings. The molecule has 0 radical (unpaired) electrons. The summed E-state index contributed by atoms with van der Waals surface area (Å²) in [6.07, 6.45) is 5.10. The summed E-state index contributed by atoms with van der Waals surface area (Å²) in [4.78, 5) is 0. The number of nitrogens with one attached hydrogen (secondary N) is 1. The largest absolute Gasteiger partial charge is 0.307 e. The second-order valence-electron chi connectivity index (χ2n) is 5.76. The second kappa shape index (κ2) is 8.31. The number of benzene rings is 1. The predicted octanol–water partition coefficient (Wildman–Crippen LogP) is 4.94. The number of rotatable bonds is 8. The minimum Gasteiger partial charge on any atom is -0.307 e. The van der Waals surface area contributed by atoms with Crippen molar-refractivity contribution in [2.75, 3.05) is 0 Å². The van der Waals surface area contributed by atoms with E-state index in [0.29, 0.717) is 12.1 Å². The van der Waals surface area contributed by atoms with Crippen molar-refractivity contribution in [1.29, 1.82) is 0 Å². The number of hydrogen-bond acceptors (Lipinski definition) is 1. The van der Waals surface area contributed by atoms with Crippen molar-refractivity contribution >= 4 is 0 Å². The van der Waals surface area contributed by atoms with E-state index in [0.717, 1.165) is 12.3 Å². The first-order chi connectivity index (χ1) is 8.63. The summed E-state index contributed by atoms with van der Waals surface area (Å²) < 4.78 is 0. The van der Waals surface area contributed by atoms with Gasteiger partial charge in [-0.15, -0.1) is 0 Å². The zero-order valence-corrected chi connectivity index (χ0v) is 12.4. The van der Waals surface area contributed by atoms with E-state index in [-0.39, 0.29) is 0 Å². The molecule has 1 nitrogen and oxygen atoms in total. The highest BCUT2D eigenvalue weighted by atomic mass is 14.9. The maximum atomic E-state index is 3.76. The molecule has 102 valence electrons. The van der Waals surface area contributed by atoms with Crippen LogP contribution in [0.4, 0.5) is 0 Å². The molecule has 0 heterocycles. The van der Waals surface area contributed by atoms with Gasteiger partial charge in [-0.3, -0.25) is 0 Å². The van der Waals surface area contributed by atoms with Gasteiger partial charge in [-0.05, 0) is 31.2 Å². The van der Waals surface area contributed by atoms with E-state index in [9.17, 15) is 0 Å². The summed E-state index contributed by atoms with van der Waals surface area (Å²) in [6, 6.07) is 11.9. The monoisotopic (exact) mass is 247 g/mol. The smallest absolute Gasteiger partial charge is 0.0319 e. The second-order valence-corrected chi connectivity index (χ2v) is 5.76. The van der Waals surface area contributed by atoms with Crippen LogP contribution >= 0.6 is 0 Å². The summed E-state index contributed by atoms with van der Waals surface area (Å²) in [7, 11) is 0. The average Bonchev–Trinajstić information content (AvgIpc) is 2.36. The van der Waals surface area contributed by atoms with Crippen LogP contribution < -0.4 is 5.32 Å². The maximum absolute atomic E-state index is 3.76. The lowest BCUT2D eigenvalue weighted by molar-refractivity contribution is 0.404. The quantitative estimate of drug-likeness (QED) is 0.686. The molecule has 0 aliphatic heterocycles. The van der Waals surface area contributed by atoms with Crippen LogP contribution in [0.1, 0.15) is 65.0 Å². The van der Waals surface area contributed by atoms with Crippen LogP contribution in [0, 0.1) is 5.92 Å². The molecule has 0 aromatic heterocycles. The van der Waals surface area contributed by atoms with E-state index in [1.54, 1.807) is 0 Å². The SMILES string of the molecule is CCC(NC(C)CCCC(C)C)c1ccccc1. The highest BCUT2D eigenvalue weighted by Gasteiger charge is 2.11. The summed E-state index contributed by atoms with van der Waals surface area (Å²) in [5.41, 5.74) is 1.41. The minimum absolute atomic E-state index is 0.500. The highest BCUT2D eigenvalue weighted by molar-refractivity contribution is 5.18. The number of hydrogen-bond donors (Lipinski definition) is 1. The Hall–Kier alpha value is -0.820. The van der Waals surface area contributed by atoms with E-state index in [4.69, 9.17) is 0 Å². The standard InChI is InChI=1S/C17H29N/c1-5-17(16-12-7-6-8-13-16)18-15(4)11-9-10-14(2)3/h6-8,12-15,17-18H,5,9-11H2,1-4H3. The van der Waals surface area contributed by atoms with Gasteiger partial charge in [0.25, 0.3) is 0 Å². The molecule has 1 N–H and O–H groups in total. The molecule has 0 spiro atoms. The summed E-state index contributed by atoms with van der Waals surface area (Å²) >= 11 is 0. The lowest BCUT2D eigenvalue weighted by atomic mass is 10.0. The van der Waals surface area contributed by atoms with Gasteiger partial charge in [0.1, 0.15) is 0 Å². The molecule has 2 atom stereocenters. The molecule has 18 heavy (non-hydrogen) atoms. The third-order valence-corrected chi connectivity index (χ3v) is 3.51. The van der Waals surface area contributed by atoms with Gasteiger partial charge in [0.05, 0.1) is 0 Å². The van der Waals surface area contributed by atoms with E-state index in [1.807, 2.05) is 0 Å². The van der Waals surface area contributed by atoms with Crippen molar-refractivity contribution in [3.63, 3.8) is 0 Å². The summed E-state index contributed by atoms with van der Waals surface area (Å²) in [5.74, 6) is 0.827. The molecule has 0 aliphatic carbocycles. The molecule has 1 aromatic carbocycles. The molecular weight excluding hydrogens is 218 g/mol. The Balaban J connectivity index is 2.39. The Labute approximate surface area is 113 Å². The molecule has 2 unspecified atom stereocenters. The molecule has 1 heteroatoms. The van der Waals surface area contributed by atoms with Crippen molar-refractivity contribution in [1.82, 2.24) is 5.32 Å². The fourth-order valence-electron chi connectivity index (χ4n) is 2.39. The molecular formula is C17H29N. The van der Waals surface area contributed by atoms with Gasteiger partial charge in [0, 0.05) is 12.1 Å². The highest BCUT2D eigenvalue weighted by Crippen LogP contribution is 2.18. The Bertz CT molecular complexity index is 305. The molecule has 0 saturated heterocycles. The topological polar surface area (TPSA) is 12.0 Å². The van der Waals surface area contributed by atoms with Crippen LogP contribution in [-0.2, 0) is 0 Å². The fraction of sp³-hybridized carbons (Fsp3) is 0.647. The van der Waals surface area contributed by atoms with Gasteiger partial charge >= 0.3 is 0 Å². The molecule has 0 aliphatic rings. The third-order valence-electron chi connectivity index (χ3n) is 3.51. The first-order valence-corrected chi connectivity index (χ1v) is 7.44. The summed E-state index contributed by atoms with van der Waals surface area (Å²) in [6.45, 7) is 9.17. The van der Waals surface area contributed by atoms with Gasteiger partial charge in [-0.25, -0.2) is 0 Å².